The third kappa shape index (κ3) is 6.55. The maximum absolute atomic E-state index is 12.9. The van der Waals surface area contributed by atoms with Crippen molar-refractivity contribution < 1.29 is 9.59 Å². The summed E-state index contributed by atoms with van der Waals surface area (Å²) in [6, 6.07) is 16.4. The van der Waals surface area contributed by atoms with E-state index < -0.39 is 0 Å². The van der Waals surface area contributed by atoms with E-state index in [2.05, 4.69) is 27.4 Å². The Bertz CT molecular complexity index is 1110. The number of allylic oxidation sites excluding steroid dienone is 1. The number of carbonyl (C=O) groups excluding carboxylic acids is 2. The molecule has 0 radical (unpaired) electrons. The molecule has 0 aliphatic carbocycles. The predicted molar refractivity (Wildman–Crippen MR) is 132 cm³/mol. The van der Waals surface area contributed by atoms with E-state index >= 15 is 0 Å². The normalized spacial score (nSPS) is 11.8. The lowest BCUT2D eigenvalue weighted by Crippen LogP contribution is -2.34. The third-order valence-electron chi connectivity index (χ3n) is 4.96. The molecule has 0 bridgehead atoms. The minimum absolute atomic E-state index is 0.0748. The van der Waals surface area contributed by atoms with Crippen LogP contribution in [0.3, 0.4) is 0 Å². The minimum Gasteiger partial charge on any atom is -0.342 e. The molecule has 3 aromatic rings. The van der Waals surface area contributed by atoms with Crippen molar-refractivity contribution in [3.63, 3.8) is 0 Å². The summed E-state index contributed by atoms with van der Waals surface area (Å²) in [7, 11) is 0. The van der Waals surface area contributed by atoms with Crippen molar-refractivity contribution in [1.29, 1.82) is 0 Å². The van der Waals surface area contributed by atoms with Gasteiger partial charge in [-0.1, -0.05) is 67.6 Å². The molecule has 2 aromatic carbocycles. The van der Waals surface area contributed by atoms with Crippen LogP contribution in [-0.4, -0.2) is 32.3 Å². The van der Waals surface area contributed by atoms with Crippen LogP contribution in [0.1, 0.15) is 41.6 Å². The summed E-state index contributed by atoms with van der Waals surface area (Å²) in [6.07, 6.45) is 1.75. The number of aromatic nitrogens is 3. The van der Waals surface area contributed by atoms with E-state index in [1.165, 1.54) is 11.8 Å². The molecule has 0 fully saturated rings. The van der Waals surface area contributed by atoms with Gasteiger partial charge in [0.15, 0.2) is 11.0 Å². The second-order valence-corrected chi connectivity index (χ2v) is 8.95. The molecule has 1 atom stereocenters. The Balaban J connectivity index is 1.76. The highest BCUT2D eigenvalue weighted by atomic mass is 32.2. The van der Waals surface area contributed by atoms with E-state index in [4.69, 9.17) is 0 Å². The van der Waals surface area contributed by atoms with Crippen LogP contribution in [0.4, 0.5) is 5.69 Å². The van der Waals surface area contributed by atoms with E-state index in [-0.39, 0.29) is 29.5 Å². The Labute approximate surface area is 198 Å². The smallest absolute Gasteiger partial charge is 0.251 e. The van der Waals surface area contributed by atoms with E-state index in [1.54, 1.807) is 12.1 Å². The van der Waals surface area contributed by atoms with Crippen molar-refractivity contribution >= 4 is 29.3 Å². The van der Waals surface area contributed by atoms with Gasteiger partial charge in [0.1, 0.15) is 0 Å². The fraction of sp³-hybridized carbons (Fsp3) is 0.280. The van der Waals surface area contributed by atoms with Gasteiger partial charge >= 0.3 is 0 Å². The van der Waals surface area contributed by atoms with Gasteiger partial charge in [-0.25, -0.2) is 0 Å². The molecule has 0 spiro atoms. The molecule has 7 nitrogen and oxygen atoms in total. The Morgan fingerprint density at radius 3 is 2.55 bits per heavy atom. The van der Waals surface area contributed by atoms with Crippen LogP contribution in [0.5, 0.6) is 0 Å². The van der Waals surface area contributed by atoms with Crippen molar-refractivity contribution in [3.8, 4) is 0 Å². The summed E-state index contributed by atoms with van der Waals surface area (Å²) in [5, 5.41) is 15.3. The number of nitrogens with zero attached hydrogens (tertiary/aromatic N) is 3. The molecule has 2 N–H and O–H groups in total. The van der Waals surface area contributed by atoms with E-state index in [9.17, 15) is 9.59 Å². The second kappa shape index (κ2) is 11.5. The maximum Gasteiger partial charge on any atom is 0.251 e. The Morgan fingerprint density at radius 1 is 1.12 bits per heavy atom. The molecule has 8 heteroatoms. The zero-order chi connectivity index (χ0) is 23.8. The first-order valence-electron chi connectivity index (χ1n) is 10.8. The standard InChI is InChI=1S/C25H29N5O2S/c1-5-14-30-23(22(17(2)3)27-24(32)19-11-9-10-18(4)15-19)28-29-25(30)33-16-21(31)26-20-12-7-6-8-13-20/h5-13,15,17,22H,1,14,16H2,2-4H3,(H,26,31)(H,27,32)/t22-/m0/s1. The summed E-state index contributed by atoms with van der Waals surface area (Å²) < 4.78 is 1.90. The number of rotatable bonds is 10. The van der Waals surface area contributed by atoms with Crippen molar-refractivity contribution in [2.45, 2.75) is 38.5 Å². The van der Waals surface area contributed by atoms with Crippen molar-refractivity contribution in [3.05, 3.63) is 84.2 Å². The van der Waals surface area contributed by atoms with Crippen LogP contribution in [0.25, 0.3) is 0 Å². The first-order valence-corrected chi connectivity index (χ1v) is 11.8. The van der Waals surface area contributed by atoms with Gasteiger partial charge in [0.05, 0.1) is 11.8 Å². The van der Waals surface area contributed by atoms with Crippen LogP contribution in [0.15, 0.2) is 72.4 Å². The van der Waals surface area contributed by atoms with E-state index in [0.29, 0.717) is 23.1 Å². The van der Waals surface area contributed by atoms with Gasteiger partial charge in [0, 0.05) is 17.8 Å². The lowest BCUT2D eigenvalue weighted by atomic mass is 10.0. The van der Waals surface area contributed by atoms with Crippen LogP contribution in [-0.2, 0) is 11.3 Å². The summed E-state index contributed by atoms with van der Waals surface area (Å²) in [5.41, 5.74) is 2.36. The summed E-state index contributed by atoms with van der Waals surface area (Å²) in [4.78, 5) is 25.3. The molecule has 172 valence electrons. The molecular formula is C25H29N5O2S. The van der Waals surface area contributed by atoms with Crippen molar-refractivity contribution in [2.24, 2.45) is 5.92 Å². The number of carbonyl (C=O) groups is 2. The fourth-order valence-electron chi connectivity index (χ4n) is 3.33. The maximum atomic E-state index is 12.9. The van der Waals surface area contributed by atoms with Gasteiger partial charge in [-0.15, -0.1) is 16.8 Å². The zero-order valence-electron chi connectivity index (χ0n) is 19.1. The highest BCUT2D eigenvalue weighted by Gasteiger charge is 2.26. The number of hydrogen-bond donors (Lipinski definition) is 2. The van der Waals surface area contributed by atoms with Crippen molar-refractivity contribution in [1.82, 2.24) is 20.1 Å². The molecule has 1 heterocycles. The highest BCUT2D eigenvalue weighted by molar-refractivity contribution is 7.99. The number of para-hydroxylation sites is 1. The van der Waals surface area contributed by atoms with Crippen molar-refractivity contribution in [2.75, 3.05) is 11.1 Å². The van der Waals surface area contributed by atoms with Gasteiger partial charge in [-0.2, -0.15) is 0 Å². The molecule has 0 saturated heterocycles. The van der Waals surface area contributed by atoms with Gasteiger partial charge < -0.3 is 15.2 Å². The molecule has 0 saturated carbocycles. The number of anilines is 1. The Hall–Kier alpha value is -3.39. The zero-order valence-corrected chi connectivity index (χ0v) is 19.9. The lowest BCUT2D eigenvalue weighted by Gasteiger charge is -2.22. The molecule has 0 aliphatic rings. The second-order valence-electron chi connectivity index (χ2n) is 8.01. The largest absolute Gasteiger partial charge is 0.342 e. The SMILES string of the molecule is C=CCn1c(SCC(=O)Nc2ccccc2)nnc1[C@@H](NC(=O)c1cccc(C)c1)C(C)C. The quantitative estimate of drug-likeness (QED) is 0.338. The van der Waals surface area contributed by atoms with Gasteiger partial charge in [-0.3, -0.25) is 9.59 Å². The number of nitrogens with one attached hydrogen (secondary N) is 2. The fourth-order valence-corrected chi connectivity index (χ4v) is 4.08. The number of thioether (sulfide) groups is 1. The number of hydrogen-bond acceptors (Lipinski definition) is 5. The number of aryl methyl sites for hydroxylation is 1. The average molecular weight is 464 g/mol. The topological polar surface area (TPSA) is 88.9 Å². The van der Waals surface area contributed by atoms with Gasteiger partial charge in [0.25, 0.3) is 5.91 Å². The Morgan fingerprint density at radius 2 is 1.88 bits per heavy atom. The van der Waals surface area contributed by atoms with Gasteiger partial charge in [0.2, 0.25) is 5.91 Å². The molecule has 1 aromatic heterocycles. The molecule has 2 amide bonds. The van der Waals surface area contributed by atoms with Gasteiger partial charge in [-0.05, 0) is 37.1 Å². The number of amides is 2. The number of benzene rings is 2. The first kappa shape index (κ1) is 24.3. The van der Waals surface area contributed by atoms with E-state index in [0.717, 1.165) is 11.3 Å². The summed E-state index contributed by atoms with van der Waals surface area (Å²) in [5.74, 6) is 0.602. The molecule has 3 rings (SSSR count). The molecular weight excluding hydrogens is 434 g/mol. The molecule has 33 heavy (non-hydrogen) atoms. The first-order chi connectivity index (χ1) is 15.9. The van der Waals surface area contributed by atoms with Crippen LogP contribution < -0.4 is 10.6 Å². The lowest BCUT2D eigenvalue weighted by molar-refractivity contribution is -0.113. The Kier molecular flexibility index (Phi) is 8.43. The van der Waals surface area contributed by atoms with Crippen LogP contribution in [0.2, 0.25) is 0 Å². The highest BCUT2D eigenvalue weighted by Crippen LogP contribution is 2.26. The third-order valence-corrected chi connectivity index (χ3v) is 5.93. The molecule has 0 aliphatic heterocycles. The minimum atomic E-state index is -0.349. The van der Waals surface area contributed by atoms with Crippen LogP contribution >= 0.6 is 11.8 Å². The molecule has 0 unspecified atom stereocenters. The van der Waals surface area contributed by atoms with E-state index in [1.807, 2.05) is 73.9 Å². The van der Waals surface area contributed by atoms with Crippen LogP contribution in [0, 0.1) is 12.8 Å². The average Bonchev–Trinajstić information content (AvgIpc) is 3.18. The predicted octanol–water partition coefficient (Wildman–Crippen LogP) is 4.63. The summed E-state index contributed by atoms with van der Waals surface area (Å²) >= 11 is 1.30. The monoisotopic (exact) mass is 463 g/mol. The summed E-state index contributed by atoms with van der Waals surface area (Å²) in [6.45, 7) is 10.3.